The second-order valence-corrected chi connectivity index (χ2v) is 4.11. The first-order valence-electron chi connectivity index (χ1n) is 6.20. The van der Waals surface area contributed by atoms with Crippen molar-refractivity contribution in [1.29, 1.82) is 0 Å². The standard InChI is InChI=1S/C14H15N3O3/c1-2-20-14(19)12(10-6-4-3-5-7-10)17-9-8-11(16-17)13(15)18/h3-9,12H,2H2,1H3,(H2,15,18). The van der Waals surface area contributed by atoms with Gasteiger partial charge in [-0.2, -0.15) is 5.10 Å². The van der Waals surface area contributed by atoms with Crippen molar-refractivity contribution < 1.29 is 14.3 Å². The molecule has 2 N–H and O–H groups in total. The van der Waals surface area contributed by atoms with Crippen LogP contribution in [0.15, 0.2) is 42.6 Å². The summed E-state index contributed by atoms with van der Waals surface area (Å²) in [6.45, 7) is 2.00. The van der Waals surface area contributed by atoms with Gasteiger partial charge in [0.05, 0.1) is 6.61 Å². The van der Waals surface area contributed by atoms with Gasteiger partial charge in [0.2, 0.25) is 0 Å². The molecule has 0 saturated carbocycles. The van der Waals surface area contributed by atoms with Crippen LogP contribution in [0.4, 0.5) is 0 Å². The molecule has 0 bridgehead atoms. The molecule has 6 heteroatoms. The molecule has 0 radical (unpaired) electrons. The number of benzene rings is 1. The number of primary amides is 1. The summed E-state index contributed by atoms with van der Waals surface area (Å²) >= 11 is 0. The summed E-state index contributed by atoms with van der Waals surface area (Å²) in [4.78, 5) is 23.2. The summed E-state index contributed by atoms with van der Waals surface area (Å²) < 4.78 is 6.45. The number of carbonyl (C=O) groups is 2. The fourth-order valence-electron chi connectivity index (χ4n) is 1.87. The van der Waals surface area contributed by atoms with Crippen LogP contribution in [0.1, 0.15) is 29.0 Å². The molecule has 1 aromatic carbocycles. The van der Waals surface area contributed by atoms with Crippen molar-refractivity contribution in [3.63, 3.8) is 0 Å². The minimum atomic E-state index is -0.732. The summed E-state index contributed by atoms with van der Waals surface area (Å²) in [5.74, 6) is -1.07. The van der Waals surface area contributed by atoms with Gasteiger partial charge in [0.1, 0.15) is 5.69 Å². The maximum atomic E-state index is 12.1. The maximum Gasteiger partial charge on any atom is 0.335 e. The average molecular weight is 273 g/mol. The Morgan fingerprint density at radius 3 is 2.55 bits per heavy atom. The topological polar surface area (TPSA) is 87.2 Å². The molecule has 0 fully saturated rings. The fraction of sp³-hybridized carbons (Fsp3) is 0.214. The Morgan fingerprint density at radius 2 is 2.00 bits per heavy atom. The molecule has 104 valence electrons. The maximum absolute atomic E-state index is 12.1. The van der Waals surface area contributed by atoms with E-state index in [2.05, 4.69) is 5.10 Å². The lowest BCUT2D eigenvalue weighted by atomic mass is 10.1. The van der Waals surface area contributed by atoms with Gasteiger partial charge < -0.3 is 10.5 Å². The van der Waals surface area contributed by atoms with Crippen LogP contribution in [-0.4, -0.2) is 28.3 Å². The first-order chi connectivity index (χ1) is 9.63. The van der Waals surface area contributed by atoms with E-state index in [0.29, 0.717) is 0 Å². The number of nitrogens with zero attached hydrogens (tertiary/aromatic N) is 2. The van der Waals surface area contributed by atoms with Crippen molar-refractivity contribution in [1.82, 2.24) is 9.78 Å². The number of esters is 1. The lowest BCUT2D eigenvalue weighted by molar-refractivity contribution is -0.146. The smallest absolute Gasteiger partial charge is 0.335 e. The number of hydrogen-bond donors (Lipinski definition) is 1. The molecule has 1 heterocycles. The summed E-state index contributed by atoms with van der Waals surface area (Å²) in [6.07, 6.45) is 1.54. The third kappa shape index (κ3) is 2.85. The molecule has 6 nitrogen and oxygen atoms in total. The molecular formula is C14H15N3O3. The van der Waals surface area contributed by atoms with E-state index in [4.69, 9.17) is 10.5 Å². The zero-order chi connectivity index (χ0) is 14.5. The van der Waals surface area contributed by atoms with E-state index in [1.165, 1.54) is 16.9 Å². The van der Waals surface area contributed by atoms with Gasteiger partial charge in [-0.1, -0.05) is 30.3 Å². The van der Waals surface area contributed by atoms with Crippen LogP contribution in [0, 0.1) is 0 Å². The zero-order valence-electron chi connectivity index (χ0n) is 11.0. The van der Waals surface area contributed by atoms with E-state index >= 15 is 0 Å². The molecule has 1 atom stereocenters. The van der Waals surface area contributed by atoms with Gasteiger partial charge in [0.15, 0.2) is 6.04 Å². The minimum absolute atomic E-state index is 0.107. The Hall–Kier alpha value is -2.63. The zero-order valence-corrected chi connectivity index (χ0v) is 11.0. The number of amides is 1. The van der Waals surface area contributed by atoms with Crippen LogP contribution < -0.4 is 5.73 Å². The third-order valence-electron chi connectivity index (χ3n) is 2.75. The Kier molecular flexibility index (Phi) is 4.14. The first kappa shape index (κ1) is 13.8. The van der Waals surface area contributed by atoms with Crippen LogP contribution in [0.5, 0.6) is 0 Å². The summed E-state index contributed by atoms with van der Waals surface area (Å²) in [7, 11) is 0. The van der Waals surface area contributed by atoms with Crippen molar-refractivity contribution in [2.24, 2.45) is 5.73 Å². The van der Waals surface area contributed by atoms with Crippen LogP contribution in [0.2, 0.25) is 0 Å². The number of carbonyl (C=O) groups excluding carboxylic acids is 2. The quantitative estimate of drug-likeness (QED) is 0.827. The van der Waals surface area contributed by atoms with Gasteiger partial charge in [-0.3, -0.25) is 9.48 Å². The largest absolute Gasteiger partial charge is 0.464 e. The SMILES string of the molecule is CCOC(=O)C(c1ccccc1)n1ccc(C(N)=O)n1. The highest BCUT2D eigenvalue weighted by molar-refractivity contribution is 5.90. The second-order valence-electron chi connectivity index (χ2n) is 4.11. The van der Waals surface area contributed by atoms with E-state index < -0.39 is 17.9 Å². The molecule has 0 spiro atoms. The van der Waals surface area contributed by atoms with Gasteiger partial charge in [-0.25, -0.2) is 4.79 Å². The Balaban J connectivity index is 2.40. The Labute approximate surface area is 116 Å². The summed E-state index contributed by atoms with van der Waals surface area (Å²) in [5.41, 5.74) is 6.00. The van der Waals surface area contributed by atoms with Crippen molar-refractivity contribution in [3.05, 3.63) is 53.9 Å². The lowest BCUT2D eigenvalue weighted by Crippen LogP contribution is -2.24. The molecule has 0 aliphatic rings. The van der Waals surface area contributed by atoms with E-state index in [1.54, 1.807) is 19.1 Å². The average Bonchev–Trinajstić information content (AvgIpc) is 2.90. The van der Waals surface area contributed by atoms with Crippen molar-refractivity contribution >= 4 is 11.9 Å². The van der Waals surface area contributed by atoms with E-state index in [9.17, 15) is 9.59 Å². The Bertz CT molecular complexity index is 607. The van der Waals surface area contributed by atoms with Crippen LogP contribution in [0.25, 0.3) is 0 Å². The monoisotopic (exact) mass is 273 g/mol. The summed E-state index contributed by atoms with van der Waals surface area (Å²) in [6, 6.07) is 9.83. The molecule has 2 aromatic rings. The van der Waals surface area contributed by atoms with Gasteiger partial charge in [-0.05, 0) is 18.6 Å². The summed E-state index contributed by atoms with van der Waals surface area (Å²) in [5, 5.41) is 4.03. The van der Waals surface area contributed by atoms with Gasteiger partial charge in [0, 0.05) is 6.20 Å². The molecule has 1 aromatic heterocycles. The highest BCUT2D eigenvalue weighted by Crippen LogP contribution is 2.19. The van der Waals surface area contributed by atoms with E-state index in [0.717, 1.165) is 5.56 Å². The van der Waals surface area contributed by atoms with Crippen LogP contribution >= 0.6 is 0 Å². The predicted octanol–water partition coefficient (Wildman–Crippen LogP) is 1.13. The molecule has 2 rings (SSSR count). The van der Waals surface area contributed by atoms with Crippen molar-refractivity contribution in [2.75, 3.05) is 6.61 Å². The van der Waals surface area contributed by atoms with E-state index in [-0.39, 0.29) is 12.3 Å². The highest BCUT2D eigenvalue weighted by atomic mass is 16.5. The van der Waals surface area contributed by atoms with Crippen molar-refractivity contribution in [2.45, 2.75) is 13.0 Å². The Morgan fingerprint density at radius 1 is 1.30 bits per heavy atom. The molecule has 1 amide bonds. The van der Waals surface area contributed by atoms with Crippen molar-refractivity contribution in [3.8, 4) is 0 Å². The molecule has 20 heavy (non-hydrogen) atoms. The first-order valence-corrected chi connectivity index (χ1v) is 6.20. The van der Waals surface area contributed by atoms with Gasteiger partial charge in [-0.15, -0.1) is 0 Å². The predicted molar refractivity (Wildman–Crippen MR) is 72.0 cm³/mol. The lowest BCUT2D eigenvalue weighted by Gasteiger charge is -2.16. The number of hydrogen-bond acceptors (Lipinski definition) is 4. The minimum Gasteiger partial charge on any atom is -0.464 e. The third-order valence-corrected chi connectivity index (χ3v) is 2.75. The number of rotatable bonds is 5. The molecule has 1 unspecified atom stereocenters. The molecule has 0 aliphatic carbocycles. The fourth-order valence-corrected chi connectivity index (χ4v) is 1.87. The normalized spacial score (nSPS) is 11.8. The molecule has 0 saturated heterocycles. The number of nitrogens with two attached hydrogens (primary N) is 1. The van der Waals surface area contributed by atoms with Crippen LogP contribution in [-0.2, 0) is 9.53 Å². The van der Waals surface area contributed by atoms with Gasteiger partial charge in [0.25, 0.3) is 5.91 Å². The second kappa shape index (κ2) is 6.01. The highest BCUT2D eigenvalue weighted by Gasteiger charge is 2.25. The number of aromatic nitrogens is 2. The van der Waals surface area contributed by atoms with Crippen LogP contribution in [0.3, 0.4) is 0 Å². The molecular weight excluding hydrogens is 258 g/mol. The van der Waals surface area contributed by atoms with Gasteiger partial charge >= 0.3 is 5.97 Å². The number of ether oxygens (including phenoxy) is 1. The van der Waals surface area contributed by atoms with E-state index in [1.807, 2.05) is 18.2 Å². The molecule has 0 aliphatic heterocycles.